The fourth-order valence-corrected chi connectivity index (χ4v) is 3.59. The zero-order valence-corrected chi connectivity index (χ0v) is 15.5. The van der Waals surface area contributed by atoms with Crippen molar-refractivity contribution in [2.24, 2.45) is 0 Å². The molecule has 1 atom stereocenters. The van der Waals surface area contributed by atoms with Gasteiger partial charge in [-0.2, -0.15) is 4.98 Å². The molecule has 29 heavy (non-hydrogen) atoms. The van der Waals surface area contributed by atoms with E-state index in [9.17, 15) is 13.6 Å². The van der Waals surface area contributed by atoms with Crippen LogP contribution < -0.4 is 0 Å². The maximum atomic E-state index is 14.0. The number of benzene rings is 1. The van der Waals surface area contributed by atoms with Crippen molar-refractivity contribution in [3.63, 3.8) is 0 Å². The molecule has 0 radical (unpaired) electrons. The lowest BCUT2D eigenvalue weighted by Gasteiger charge is -2.32. The summed E-state index contributed by atoms with van der Waals surface area (Å²) in [5.74, 6) is -0.509. The topological polar surface area (TPSA) is 89.9 Å². The average molecular weight is 400 g/mol. The Labute approximate surface area is 164 Å². The Morgan fingerprint density at radius 3 is 2.90 bits per heavy atom. The van der Waals surface area contributed by atoms with E-state index in [1.807, 2.05) is 0 Å². The van der Waals surface area contributed by atoms with Crippen molar-refractivity contribution < 1.29 is 18.1 Å². The number of nitrogens with zero attached hydrogens (tertiary/aromatic N) is 6. The molecule has 1 aliphatic carbocycles. The highest BCUT2D eigenvalue weighted by molar-refractivity contribution is 5.94. The maximum Gasteiger partial charge on any atom is 0.280 e. The van der Waals surface area contributed by atoms with Crippen LogP contribution in [0, 0.1) is 11.6 Å². The minimum absolute atomic E-state index is 0.128. The molecule has 1 saturated carbocycles. The summed E-state index contributed by atoms with van der Waals surface area (Å²) in [5.41, 5.74) is 0.215. The fraction of sp³-hybridized carbons (Fsp3) is 0.421. The van der Waals surface area contributed by atoms with Crippen LogP contribution in [-0.4, -0.2) is 49.0 Å². The Morgan fingerprint density at radius 1 is 1.21 bits per heavy atom. The van der Waals surface area contributed by atoms with Crippen molar-refractivity contribution in [1.29, 1.82) is 0 Å². The first-order valence-corrected chi connectivity index (χ1v) is 9.58. The molecule has 2 aliphatic rings. The SMILES string of the molecule is O=C(c1cc(F)ccc1F)N1CCC[C@H](n2cc(-c3nc(C4CC4)no3)nn2)C1. The molecule has 0 N–H and O–H groups in total. The first-order valence-electron chi connectivity index (χ1n) is 9.58. The van der Waals surface area contributed by atoms with Gasteiger partial charge in [0.25, 0.3) is 11.8 Å². The average Bonchev–Trinajstić information content (AvgIpc) is 3.26. The van der Waals surface area contributed by atoms with E-state index in [0.29, 0.717) is 36.4 Å². The van der Waals surface area contributed by atoms with Crippen LogP contribution in [0.25, 0.3) is 11.6 Å². The van der Waals surface area contributed by atoms with Crippen molar-refractivity contribution >= 4 is 5.91 Å². The second-order valence-corrected chi connectivity index (χ2v) is 7.49. The van der Waals surface area contributed by atoms with Gasteiger partial charge in [-0.25, -0.2) is 13.5 Å². The molecule has 1 amide bonds. The number of hydrogen-bond acceptors (Lipinski definition) is 6. The predicted octanol–water partition coefficient (Wildman–Crippen LogP) is 2.96. The van der Waals surface area contributed by atoms with Crippen LogP contribution in [0.2, 0.25) is 0 Å². The molecular formula is C19H18F2N6O2. The van der Waals surface area contributed by atoms with Gasteiger partial charge in [-0.3, -0.25) is 4.79 Å². The smallest absolute Gasteiger partial charge is 0.280 e. The standard InChI is InChI=1S/C19H18F2N6O2/c20-12-5-6-15(21)14(8-12)19(28)26-7-1-2-13(9-26)27-10-16(23-25-27)18-22-17(24-29-18)11-3-4-11/h5-6,8,10-11,13H,1-4,7,9H2/t13-/m0/s1. The normalized spacial score (nSPS) is 19.5. The van der Waals surface area contributed by atoms with Crippen molar-refractivity contribution in [3.8, 4) is 11.6 Å². The second kappa shape index (κ2) is 7.02. The van der Waals surface area contributed by atoms with Crippen molar-refractivity contribution in [2.45, 2.75) is 37.6 Å². The highest BCUT2D eigenvalue weighted by Crippen LogP contribution is 2.38. The lowest BCUT2D eigenvalue weighted by Crippen LogP contribution is -2.41. The Hall–Kier alpha value is -3.17. The zero-order chi connectivity index (χ0) is 20.0. The Balaban J connectivity index is 1.32. The van der Waals surface area contributed by atoms with Gasteiger partial charge in [-0.05, 0) is 43.9 Å². The van der Waals surface area contributed by atoms with E-state index in [4.69, 9.17) is 4.52 Å². The van der Waals surface area contributed by atoms with Gasteiger partial charge in [0.15, 0.2) is 11.5 Å². The summed E-state index contributed by atoms with van der Waals surface area (Å²) in [6.07, 6.45) is 5.36. The molecule has 1 saturated heterocycles. The monoisotopic (exact) mass is 400 g/mol. The predicted molar refractivity (Wildman–Crippen MR) is 95.8 cm³/mol. The third-order valence-corrected chi connectivity index (χ3v) is 5.33. The number of halogens is 2. The molecule has 2 fully saturated rings. The highest BCUT2D eigenvalue weighted by atomic mass is 19.1. The summed E-state index contributed by atoms with van der Waals surface area (Å²) in [7, 11) is 0. The van der Waals surface area contributed by atoms with E-state index in [0.717, 1.165) is 43.9 Å². The van der Waals surface area contributed by atoms with Crippen molar-refractivity contribution in [1.82, 2.24) is 30.0 Å². The van der Waals surface area contributed by atoms with Crippen LogP contribution in [0.5, 0.6) is 0 Å². The first kappa shape index (κ1) is 17.9. The van der Waals surface area contributed by atoms with E-state index in [2.05, 4.69) is 20.5 Å². The van der Waals surface area contributed by atoms with Crippen LogP contribution in [0.15, 0.2) is 28.9 Å². The first-order chi connectivity index (χ1) is 14.1. The third-order valence-electron chi connectivity index (χ3n) is 5.33. The number of carbonyl (C=O) groups excluding carboxylic acids is 1. The molecule has 3 heterocycles. The van der Waals surface area contributed by atoms with E-state index in [-0.39, 0.29) is 11.6 Å². The summed E-state index contributed by atoms with van der Waals surface area (Å²) < 4.78 is 34.4. The van der Waals surface area contributed by atoms with Gasteiger partial charge in [0, 0.05) is 19.0 Å². The number of aromatic nitrogens is 5. The molecule has 150 valence electrons. The largest absolute Gasteiger partial charge is 0.336 e. The second-order valence-electron chi connectivity index (χ2n) is 7.49. The van der Waals surface area contributed by atoms with E-state index < -0.39 is 17.5 Å². The van der Waals surface area contributed by atoms with Gasteiger partial charge in [-0.15, -0.1) is 5.10 Å². The van der Waals surface area contributed by atoms with E-state index >= 15 is 0 Å². The van der Waals surface area contributed by atoms with Crippen molar-refractivity contribution in [2.75, 3.05) is 13.1 Å². The van der Waals surface area contributed by atoms with Crippen LogP contribution in [0.3, 0.4) is 0 Å². The molecule has 0 bridgehead atoms. The Morgan fingerprint density at radius 2 is 2.07 bits per heavy atom. The minimum atomic E-state index is -0.732. The van der Waals surface area contributed by atoms with Crippen LogP contribution in [-0.2, 0) is 0 Å². The van der Waals surface area contributed by atoms with Gasteiger partial charge in [0.05, 0.1) is 17.8 Å². The van der Waals surface area contributed by atoms with Crippen LogP contribution >= 0.6 is 0 Å². The molecule has 8 nitrogen and oxygen atoms in total. The number of amides is 1. The van der Waals surface area contributed by atoms with Gasteiger partial charge in [0.1, 0.15) is 11.6 Å². The maximum absolute atomic E-state index is 14.0. The van der Waals surface area contributed by atoms with Crippen LogP contribution in [0.4, 0.5) is 8.78 Å². The minimum Gasteiger partial charge on any atom is -0.336 e. The molecule has 2 aromatic heterocycles. The Bertz CT molecular complexity index is 1060. The lowest BCUT2D eigenvalue weighted by molar-refractivity contribution is 0.0666. The van der Waals surface area contributed by atoms with Crippen LogP contribution in [0.1, 0.15) is 53.8 Å². The lowest BCUT2D eigenvalue weighted by atomic mass is 10.0. The van der Waals surface area contributed by atoms with Gasteiger partial charge in [-0.1, -0.05) is 10.4 Å². The number of piperidine rings is 1. The molecular weight excluding hydrogens is 382 g/mol. The Kier molecular flexibility index (Phi) is 4.33. The summed E-state index contributed by atoms with van der Waals surface area (Å²) in [6, 6.07) is 2.76. The summed E-state index contributed by atoms with van der Waals surface area (Å²) in [4.78, 5) is 18.6. The number of rotatable bonds is 4. The van der Waals surface area contributed by atoms with E-state index in [1.165, 1.54) is 4.90 Å². The molecule has 1 aromatic carbocycles. The van der Waals surface area contributed by atoms with Gasteiger partial charge >= 0.3 is 0 Å². The quantitative estimate of drug-likeness (QED) is 0.669. The molecule has 5 rings (SSSR count). The molecule has 0 spiro atoms. The van der Waals surface area contributed by atoms with E-state index in [1.54, 1.807) is 10.9 Å². The zero-order valence-electron chi connectivity index (χ0n) is 15.5. The summed E-state index contributed by atoms with van der Waals surface area (Å²) in [5, 5.41) is 12.2. The number of likely N-dealkylation sites (tertiary alicyclic amines) is 1. The third kappa shape index (κ3) is 3.50. The fourth-order valence-electron chi connectivity index (χ4n) is 3.59. The molecule has 1 aliphatic heterocycles. The molecule has 0 unspecified atom stereocenters. The highest BCUT2D eigenvalue weighted by Gasteiger charge is 2.31. The number of hydrogen-bond donors (Lipinski definition) is 0. The van der Waals surface area contributed by atoms with Gasteiger partial charge < -0.3 is 9.42 Å². The molecule has 3 aromatic rings. The van der Waals surface area contributed by atoms with Gasteiger partial charge in [0.2, 0.25) is 0 Å². The summed E-state index contributed by atoms with van der Waals surface area (Å²) in [6.45, 7) is 0.802. The number of carbonyl (C=O) groups is 1. The molecule has 10 heteroatoms. The van der Waals surface area contributed by atoms with Crippen molar-refractivity contribution in [3.05, 3.63) is 47.4 Å². The summed E-state index contributed by atoms with van der Waals surface area (Å²) >= 11 is 0.